The standard InChI is InChI=1S/C16H33F2NO3.C16H34FNO3.C14H27F4NO2.C14H28F3NO2.2C14H29F2NO2/c1-14(2,3)19-8-7-16(17,18)13-21-10-9-20-11-12-22-15(4,5)6;1-15(2,3)18-8-7-14(17)13-20-10-9-19-11-12-21-16(4,5)6;1-11(2,3)19-7-13(15,16)8-20-9-14(17,18)10-21-12(4,5)6;1-12(2,3)18-7-11(15)8-19-9-14(16,17)10-20-13(4,5)6;1-13(2,3)17-7-11(15)8-18-9-12(16)10-19-14(4,5)6;1-12(2,3)17-8-7-9-18-10-14(15,16)11-19-13(4,5)6/h19H,7-13H2,1-6H3;14,18H,7-13H2,1-6H3;19H,7-10H2,1-6H3;11,18H,7-10H2,1-6H3;11-12,17H,7-10H2,1-6H3;17H,7-11H2,1-6H3. The lowest BCUT2D eigenvalue weighted by atomic mass is 10.1. The van der Waals surface area contributed by atoms with Crippen LogP contribution in [-0.4, -0.2) is 306 Å². The molecule has 4 unspecified atom stereocenters. The second-order valence-electron chi connectivity index (χ2n) is 42.5. The molecular formula is C88H180F14N6O14. The topological polar surface area (TPSA) is 201 Å². The van der Waals surface area contributed by atoms with E-state index in [1.807, 2.05) is 125 Å². The molecule has 0 spiro atoms. The minimum Gasteiger partial charge on any atom is -0.377 e. The minimum atomic E-state index is -3.29. The first-order chi connectivity index (χ1) is 54.4. The van der Waals surface area contributed by atoms with Gasteiger partial charge in [0.15, 0.2) is 0 Å². The highest BCUT2D eigenvalue weighted by Gasteiger charge is 2.38. The van der Waals surface area contributed by atoms with Gasteiger partial charge in [0.1, 0.15) is 77.5 Å². The molecule has 20 nitrogen and oxygen atoms in total. The van der Waals surface area contributed by atoms with E-state index in [1.165, 1.54) is 0 Å². The Kier molecular flexibility index (Phi) is 67.1. The van der Waals surface area contributed by atoms with Crippen molar-refractivity contribution >= 4 is 0 Å². The second kappa shape index (κ2) is 62.5. The Bertz CT molecular complexity index is 2400. The summed E-state index contributed by atoms with van der Waals surface area (Å²) >= 11 is 0. The van der Waals surface area contributed by atoms with Crippen LogP contribution in [0.2, 0.25) is 0 Å². The first-order valence-electron chi connectivity index (χ1n) is 42.8. The fourth-order valence-electron chi connectivity index (χ4n) is 7.81. The Morgan fingerprint density at radius 2 is 0.500 bits per heavy atom. The largest absolute Gasteiger partial charge is 0.377 e. The molecule has 6 N–H and O–H groups in total. The molecule has 744 valence electrons. The maximum Gasteiger partial charge on any atom is 0.293 e. The molecule has 0 rings (SSSR count). The van der Waals surface area contributed by atoms with Gasteiger partial charge in [-0.1, -0.05) is 0 Å². The van der Waals surface area contributed by atoms with Gasteiger partial charge in [0.2, 0.25) is 0 Å². The number of hydrogen-bond donors (Lipinski definition) is 6. The Morgan fingerprint density at radius 1 is 0.213 bits per heavy atom. The van der Waals surface area contributed by atoms with Crippen LogP contribution in [0.3, 0.4) is 0 Å². The first kappa shape index (κ1) is 131. The average Bonchev–Trinajstić information content (AvgIpc) is 0.888. The summed E-state index contributed by atoms with van der Waals surface area (Å²) in [6.07, 6.45) is -3.63. The highest BCUT2D eigenvalue weighted by molar-refractivity contribution is 4.81. The summed E-state index contributed by atoms with van der Waals surface area (Å²) in [7, 11) is 0. The zero-order valence-corrected chi connectivity index (χ0v) is 82.7. The maximum atomic E-state index is 13.5. The fraction of sp³-hybridized carbons (Fsp3) is 1.00. The van der Waals surface area contributed by atoms with Crippen molar-refractivity contribution in [2.24, 2.45) is 0 Å². The molecule has 0 saturated carbocycles. The normalized spacial score (nSPS) is 14.7. The van der Waals surface area contributed by atoms with Crippen LogP contribution in [0, 0.1) is 0 Å². The third-order valence-electron chi connectivity index (χ3n) is 13.8. The average molecular weight is 1810 g/mol. The quantitative estimate of drug-likeness (QED) is 0.0248. The lowest BCUT2D eigenvalue weighted by Gasteiger charge is -2.26. The Hall–Kier alpha value is -1.78. The molecule has 0 aliphatic heterocycles. The van der Waals surface area contributed by atoms with Crippen LogP contribution in [0.15, 0.2) is 0 Å². The van der Waals surface area contributed by atoms with Gasteiger partial charge in [-0.25, -0.2) is 61.5 Å². The van der Waals surface area contributed by atoms with Crippen LogP contribution in [-0.2, 0) is 66.3 Å². The van der Waals surface area contributed by atoms with Crippen molar-refractivity contribution in [1.82, 2.24) is 31.9 Å². The first-order valence-corrected chi connectivity index (χ1v) is 42.8. The third kappa shape index (κ3) is 120. The molecule has 0 aliphatic carbocycles. The van der Waals surface area contributed by atoms with Crippen LogP contribution in [0.4, 0.5) is 61.5 Å². The number of halogens is 14. The monoisotopic (exact) mass is 1810 g/mol. The molecule has 0 amide bonds. The van der Waals surface area contributed by atoms with Gasteiger partial charge in [0.25, 0.3) is 29.6 Å². The highest BCUT2D eigenvalue weighted by atomic mass is 19.3. The zero-order chi connectivity index (χ0) is 96.9. The van der Waals surface area contributed by atoms with Crippen LogP contribution in [0.5, 0.6) is 0 Å². The van der Waals surface area contributed by atoms with Crippen molar-refractivity contribution in [3.63, 3.8) is 0 Å². The summed E-state index contributed by atoms with van der Waals surface area (Å²) < 4.78 is 259. The fourth-order valence-corrected chi connectivity index (χ4v) is 7.81. The molecule has 0 aromatic heterocycles. The number of ether oxygens (including phenoxy) is 14. The van der Waals surface area contributed by atoms with Crippen molar-refractivity contribution < 1.29 is 128 Å². The van der Waals surface area contributed by atoms with Crippen molar-refractivity contribution in [2.75, 3.05) is 185 Å². The van der Waals surface area contributed by atoms with Crippen molar-refractivity contribution in [3.8, 4) is 0 Å². The molecule has 0 radical (unpaired) electrons. The summed E-state index contributed by atoms with van der Waals surface area (Å²) in [4.78, 5) is 0. The van der Waals surface area contributed by atoms with Gasteiger partial charge in [0.05, 0.1) is 126 Å². The van der Waals surface area contributed by atoms with E-state index in [2.05, 4.69) is 78.2 Å². The molecule has 122 heavy (non-hydrogen) atoms. The van der Waals surface area contributed by atoms with Gasteiger partial charge in [0, 0.05) is 65.9 Å². The predicted molar refractivity (Wildman–Crippen MR) is 465 cm³/mol. The van der Waals surface area contributed by atoms with Gasteiger partial charge in [-0.2, -0.15) is 0 Å². The number of rotatable bonds is 54. The van der Waals surface area contributed by atoms with E-state index in [-0.39, 0.29) is 110 Å². The Labute approximate surface area is 731 Å². The molecule has 0 fully saturated rings. The van der Waals surface area contributed by atoms with E-state index in [1.54, 1.807) is 83.1 Å². The molecule has 0 heterocycles. The minimum absolute atomic E-state index is 0.0271. The van der Waals surface area contributed by atoms with Crippen LogP contribution < -0.4 is 31.9 Å². The van der Waals surface area contributed by atoms with E-state index in [0.29, 0.717) is 72.2 Å². The lowest BCUT2D eigenvalue weighted by molar-refractivity contribution is -0.169. The summed E-state index contributed by atoms with van der Waals surface area (Å²) in [5.74, 6) is -15.3. The third-order valence-corrected chi connectivity index (χ3v) is 13.8. The van der Waals surface area contributed by atoms with Gasteiger partial charge in [-0.05, 0) is 275 Å². The van der Waals surface area contributed by atoms with Crippen LogP contribution >= 0.6 is 0 Å². The zero-order valence-electron chi connectivity index (χ0n) is 82.7. The van der Waals surface area contributed by atoms with Crippen molar-refractivity contribution in [3.05, 3.63) is 0 Å². The molecule has 0 aliphatic rings. The summed E-state index contributed by atoms with van der Waals surface area (Å²) in [5.41, 5.74) is -3.51. The van der Waals surface area contributed by atoms with E-state index >= 15 is 0 Å². The molecule has 0 aromatic rings. The predicted octanol–water partition coefficient (Wildman–Crippen LogP) is 19.0. The molecule has 4 atom stereocenters. The summed E-state index contributed by atoms with van der Waals surface area (Å²) in [6, 6.07) is 0. The van der Waals surface area contributed by atoms with Crippen LogP contribution in [0.25, 0.3) is 0 Å². The number of alkyl halides is 14. The molecule has 0 saturated heterocycles. The van der Waals surface area contributed by atoms with Crippen molar-refractivity contribution in [1.29, 1.82) is 0 Å². The van der Waals surface area contributed by atoms with Crippen LogP contribution in [0.1, 0.15) is 269 Å². The molecule has 0 bridgehead atoms. The van der Waals surface area contributed by atoms with Gasteiger partial charge in [-0.15, -0.1) is 0 Å². The summed E-state index contributed by atoms with van der Waals surface area (Å²) in [6.45, 7) is 66.0. The van der Waals surface area contributed by atoms with E-state index < -0.39 is 136 Å². The van der Waals surface area contributed by atoms with E-state index in [9.17, 15) is 61.5 Å². The van der Waals surface area contributed by atoms with Gasteiger partial charge < -0.3 is 98.2 Å². The highest BCUT2D eigenvalue weighted by Crippen LogP contribution is 2.25. The summed E-state index contributed by atoms with van der Waals surface area (Å²) in [5, 5.41) is 18.2. The molecular weight excluding hydrogens is 1630 g/mol. The van der Waals surface area contributed by atoms with E-state index in [0.717, 1.165) is 6.54 Å². The molecule has 34 heteroatoms. The lowest BCUT2D eigenvalue weighted by Crippen LogP contribution is -2.46. The molecule has 0 aromatic carbocycles. The van der Waals surface area contributed by atoms with E-state index in [4.69, 9.17) is 61.6 Å². The Morgan fingerprint density at radius 3 is 0.877 bits per heavy atom. The Balaban J connectivity index is -0.000000331. The number of hydrogen-bond acceptors (Lipinski definition) is 20. The number of nitrogens with one attached hydrogen (secondary N) is 6. The maximum absolute atomic E-state index is 13.5. The SMILES string of the molecule is CC(C)(C)NCC(F)(F)COCC(F)(F)COC(C)(C)C.CC(C)(C)NCC(F)COCC(F)(F)COC(C)(C)C.CC(C)(C)NCC(F)COCC(F)COC(C)(C)C.CC(C)(C)NCCC(F)(F)COCCOCCOC(C)(C)C.CC(C)(C)NCCC(F)COCCOCCOC(C)(C)C.CC(C)(C)NCCCOCC(F)(F)COC(C)(C)C. The van der Waals surface area contributed by atoms with Crippen molar-refractivity contribution in [2.45, 2.75) is 390 Å². The smallest absolute Gasteiger partial charge is 0.293 e. The van der Waals surface area contributed by atoms with Gasteiger partial charge >= 0.3 is 0 Å². The van der Waals surface area contributed by atoms with Gasteiger partial charge in [-0.3, -0.25) is 0 Å². The second-order valence-corrected chi connectivity index (χ2v) is 42.5.